The maximum atomic E-state index is 2.42. The van der Waals surface area contributed by atoms with Gasteiger partial charge in [0.15, 0.2) is 0 Å². The Hall–Kier alpha value is -0.345. The fraction of sp³-hybridized carbons (Fsp3) is 0.250. The molecule has 1 aromatic rings. The topological polar surface area (TPSA) is 3.24 Å². The maximum Gasteiger partial charge on any atom is 0.272 e. The van der Waals surface area contributed by atoms with Crippen molar-refractivity contribution in [1.29, 1.82) is 0 Å². The lowest BCUT2D eigenvalue weighted by Crippen LogP contribution is -2.30. The van der Waals surface area contributed by atoms with Crippen LogP contribution in [0.5, 0.6) is 0 Å². The monoisotopic (exact) mass is 193 g/mol. The third kappa shape index (κ3) is 0.678. The average molecular weight is 193 g/mol. The van der Waals surface area contributed by atoms with Crippen LogP contribution in [0.25, 0.3) is 0 Å². The molecule has 1 aromatic heterocycles. The third-order valence-electron chi connectivity index (χ3n) is 2.60. The van der Waals surface area contributed by atoms with Crippen LogP contribution in [0.2, 0.25) is 0 Å². The normalized spacial score (nSPS) is 30.2. The number of thiophene rings is 1. The Morgan fingerprint density at radius 2 is 2.50 bits per heavy atom. The van der Waals surface area contributed by atoms with Crippen molar-refractivity contribution in [3.63, 3.8) is 0 Å². The second-order valence-electron chi connectivity index (χ2n) is 3.29. The molecule has 2 aliphatic rings. The molecule has 0 radical (unpaired) electrons. The summed E-state index contributed by atoms with van der Waals surface area (Å²) in [5, 5.41) is 4.40. The van der Waals surface area contributed by atoms with Gasteiger partial charge in [-0.3, -0.25) is 0 Å². The van der Waals surface area contributed by atoms with Crippen LogP contribution in [-0.2, 0) is 4.87 Å². The van der Waals surface area contributed by atoms with Crippen molar-refractivity contribution < 1.29 is 0 Å². The molecule has 0 bridgehead atoms. The smallest absolute Gasteiger partial charge is 0.272 e. The molecule has 2 aliphatic heterocycles. The predicted octanol–water partition coefficient (Wildman–Crippen LogP) is 1.43. The molecule has 0 saturated carbocycles. The van der Waals surface area contributed by atoms with E-state index in [1.165, 1.54) is 10.3 Å². The van der Waals surface area contributed by atoms with Crippen molar-refractivity contribution in [2.24, 2.45) is 0 Å². The van der Waals surface area contributed by atoms with E-state index in [4.69, 9.17) is 0 Å². The SMILES string of the molecule is CC12SC=CN1Bc1ccsc12. The van der Waals surface area contributed by atoms with E-state index in [1.54, 1.807) is 0 Å². The Balaban J connectivity index is 2.19. The van der Waals surface area contributed by atoms with Gasteiger partial charge in [-0.05, 0) is 29.4 Å². The first-order valence-corrected chi connectivity index (χ1v) is 5.75. The summed E-state index contributed by atoms with van der Waals surface area (Å²) in [6, 6.07) is 2.25. The van der Waals surface area contributed by atoms with Gasteiger partial charge in [-0.25, -0.2) is 0 Å². The van der Waals surface area contributed by atoms with Crippen molar-refractivity contribution in [2.75, 3.05) is 0 Å². The summed E-state index contributed by atoms with van der Waals surface area (Å²) in [6.07, 6.45) is 2.21. The summed E-state index contributed by atoms with van der Waals surface area (Å²) >= 11 is 3.80. The summed E-state index contributed by atoms with van der Waals surface area (Å²) < 4.78 is 0. The number of thioether (sulfide) groups is 1. The fourth-order valence-electron chi connectivity index (χ4n) is 1.88. The lowest BCUT2D eigenvalue weighted by atomic mass is 9.86. The van der Waals surface area contributed by atoms with Crippen LogP contribution in [0.3, 0.4) is 0 Å². The molecular weight excluding hydrogens is 185 g/mol. The zero-order valence-corrected chi connectivity index (χ0v) is 8.41. The van der Waals surface area contributed by atoms with Crippen molar-refractivity contribution >= 4 is 36.0 Å². The van der Waals surface area contributed by atoms with Crippen LogP contribution in [-0.4, -0.2) is 12.2 Å². The van der Waals surface area contributed by atoms with Gasteiger partial charge in [0.05, 0.1) is 0 Å². The van der Waals surface area contributed by atoms with Gasteiger partial charge in [0.1, 0.15) is 4.87 Å². The second kappa shape index (κ2) is 2.12. The van der Waals surface area contributed by atoms with Gasteiger partial charge in [0, 0.05) is 4.88 Å². The third-order valence-corrected chi connectivity index (χ3v) is 5.05. The first kappa shape index (κ1) is 7.10. The van der Waals surface area contributed by atoms with E-state index >= 15 is 0 Å². The number of hydrogen-bond acceptors (Lipinski definition) is 3. The Morgan fingerprint density at radius 1 is 1.58 bits per heavy atom. The van der Waals surface area contributed by atoms with Crippen LogP contribution in [0.1, 0.15) is 11.8 Å². The Morgan fingerprint density at radius 3 is 3.42 bits per heavy atom. The maximum absolute atomic E-state index is 2.42. The lowest BCUT2D eigenvalue weighted by molar-refractivity contribution is 0.454. The molecule has 4 heteroatoms. The fourth-order valence-corrected chi connectivity index (χ4v) is 4.13. The van der Waals surface area contributed by atoms with Crippen LogP contribution in [0, 0.1) is 0 Å². The van der Waals surface area contributed by atoms with Gasteiger partial charge < -0.3 is 4.81 Å². The summed E-state index contributed by atoms with van der Waals surface area (Å²) in [4.78, 5) is 4.18. The molecule has 1 nitrogen and oxygen atoms in total. The minimum absolute atomic E-state index is 0.226. The van der Waals surface area contributed by atoms with Crippen LogP contribution < -0.4 is 5.46 Å². The van der Waals surface area contributed by atoms with E-state index in [9.17, 15) is 0 Å². The minimum atomic E-state index is 0.226. The zero-order chi connectivity index (χ0) is 8.18. The molecule has 0 aromatic carbocycles. The number of nitrogens with zero attached hydrogens (tertiary/aromatic N) is 1. The van der Waals surface area contributed by atoms with E-state index in [0.29, 0.717) is 0 Å². The van der Waals surface area contributed by atoms with E-state index in [2.05, 4.69) is 34.8 Å². The van der Waals surface area contributed by atoms with Gasteiger partial charge in [0.2, 0.25) is 0 Å². The highest BCUT2D eigenvalue weighted by Crippen LogP contribution is 2.48. The van der Waals surface area contributed by atoms with Crippen LogP contribution in [0.4, 0.5) is 0 Å². The summed E-state index contributed by atoms with van der Waals surface area (Å²) in [6.45, 7) is 2.31. The molecule has 0 spiro atoms. The van der Waals surface area contributed by atoms with Gasteiger partial charge in [0.25, 0.3) is 7.41 Å². The Labute approximate surface area is 80.7 Å². The highest BCUT2D eigenvalue weighted by Gasteiger charge is 2.43. The largest absolute Gasteiger partial charge is 0.401 e. The number of hydrogen-bond donors (Lipinski definition) is 0. The number of fused-ring (bicyclic) bond motifs is 3. The zero-order valence-electron chi connectivity index (χ0n) is 6.78. The van der Waals surface area contributed by atoms with E-state index in [-0.39, 0.29) is 4.87 Å². The first-order valence-electron chi connectivity index (χ1n) is 3.99. The van der Waals surface area contributed by atoms with Gasteiger partial charge >= 0.3 is 0 Å². The molecule has 0 N–H and O–H groups in total. The molecule has 0 aliphatic carbocycles. The van der Waals surface area contributed by atoms with Crippen molar-refractivity contribution in [2.45, 2.75) is 11.8 Å². The molecule has 3 heterocycles. The molecule has 0 saturated heterocycles. The Bertz CT molecular complexity index is 360. The molecule has 0 fully saturated rings. The summed E-state index contributed by atoms with van der Waals surface area (Å²) in [7, 11) is 1.10. The Kier molecular flexibility index (Phi) is 1.25. The molecule has 3 rings (SSSR count). The van der Waals surface area contributed by atoms with Gasteiger partial charge in [-0.1, -0.05) is 6.07 Å². The summed E-state index contributed by atoms with van der Waals surface area (Å²) in [5.74, 6) is 0. The van der Waals surface area contributed by atoms with Crippen molar-refractivity contribution in [3.05, 3.63) is 27.9 Å². The molecule has 1 unspecified atom stereocenters. The highest BCUT2D eigenvalue weighted by molar-refractivity contribution is 8.03. The van der Waals surface area contributed by atoms with E-state index in [0.717, 1.165) is 7.41 Å². The van der Waals surface area contributed by atoms with Crippen LogP contribution in [0.15, 0.2) is 23.1 Å². The van der Waals surface area contributed by atoms with E-state index in [1.807, 2.05) is 23.1 Å². The van der Waals surface area contributed by atoms with E-state index < -0.39 is 0 Å². The number of rotatable bonds is 0. The van der Waals surface area contributed by atoms with Crippen molar-refractivity contribution in [1.82, 2.24) is 4.81 Å². The quantitative estimate of drug-likeness (QED) is 0.573. The highest BCUT2D eigenvalue weighted by atomic mass is 32.2. The van der Waals surface area contributed by atoms with Crippen LogP contribution >= 0.6 is 23.1 Å². The lowest BCUT2D eigenvalue weighted by Gasteiger charge is -2.28. The molecular formula is C8H8BNS2. The molecule has 1 atom stereocenters. The average Bonchev–Trinajstić information content (AvgIpc) is 2.62. The summed E-state index contributed by atoms with van der Waals surface area (Å²) in [5.41, 5.74) is 1.51. The van der Waals surface area contributed by atoms with Gasteiger partial charge in [-0.2, -0.15) is 0 Å². The standard InChI is InChI=1S/C8H8BNS2/c1-8-7-6(2-4-11-7)9-10(8)3-5-12-8/h2-5,9H,1H3. The molecule has 12 heavy (non-hydrogen) atoms. The predicted molar refractivity (Wildman–Crippen MR) is 57.0 cm³/mol. The second-order valence-corrected chi connectivity index (χ2v) is 5.51. The van der Waals surface area contributed by atoms with Crippen molar-refractivity contribution in [3.8, 4) is 0 Å². The minimum Gasteiger partial charge on any atom is -0.401 e. The first-order chi connectivity index (χ1) is 5.81. The molecule has 60 valence electrons. The molecule has 0 amide bonds. The van der Waals surface area contributed by atoms with Gasteiger partial charge in [-0.15, -0.1) is 23.1 Å².